The maximum Gasteiger partial charge on any atom is 0.234 e. The van der Waals surface area contributed by atoms with Gasteiger partial charge in [0.1, 0.15) is 5.54 Å². The third kappa shape index (κ3) is 3.63. The van der Waals surface area contributed by atoms with Crippen LogP contribution in [0, 0.1) is 5.92 Å². The fourth-order valence-electron chi connectivity index (χ4n) is 2.61. The Morgan fingerprint density at radius 1 is 1.71 bits per heavy atom. The van der Waals surface area contributed by atoms with Crippen molar-refractivity contribution in [3.05, 3.63) is 31.2 Å². The Kier molecular flexibility index (Phi) is 5.68. The van der Waals surface area contributed by atoms with Gasteiger partial charge in [0, 0.05) is 33.2 Å². The Morgan fingerprint density at radius 2 is 2.42 bits per heavy atom. The number of guanidine groups is 1. The van der Waals surface area contributed by atoms with Gasteiger partial charge in [-0.15, -0.1) is 11.3 Å². The number of hydrogen-bond acceptors (Lipinski definition) is 5. The summed E-state index contributed by atoms with van der Waals surface area (Å²) in [6, 6.07) is 1.88. The highest BCUT2D eigenvalue weighted by Gasteiger charge is 2.47. The minimum Gasteiger partial charge on any atom is -0.306 e. The molecule has 2 rings (SSSR count). The van der Waals surface area contributed by atoms with E-state index in [1.165, 1.54) is 23.3 Å². The molecule has 2 heterocycles. The number of azide groups is 1. The minimum absolute atomic E-state index is 0.0968. The average molecular weight is 409 g/mol. The first-order chi connectivity index (χ1) is 11.3. The van der Waals surface area contributed by atoms with Crippen molar-refractivity contribution < 1.29 is 9.59 Å². The molecule has 0 saturated heterocycles. The lowest BCUT2D eigenvalue weighted by Gasteiger charge is -2.40. The summed E-state index contributed by atoms with van der Waals surface area (Å²) in [6.45, 7) is 2.00. The van der Waals surface area contributed by atoms with E-state index in [9.17, 15) is 9.59 Å². The van der Waals surface area contributed by atoms with E-state index >= 15 is 0 Å². The van der Waals surface area contributed by atoms with Gasteiger partial charge in [-0.3, -0.25) is 14.5 Å². The summed E-state index contributed by atoms with van der Waals surface area (Å²) in [7, 11) is 6.68. The van der Waals surface area contributed by atoms with E-state index in [-0.39, 0.29) is 18.4 Å². The number of nitrogens with zero attached hydrogens (tertiary/aromatic N) is 5. The van der Waals surface area contributed by atoms with Crippen molar-refractivity contribution in [3.8, 4) is 0 Å². The quantitative estimate of drug-likeness (QED) is 0.357. The van der Waals surface area contributed by atoms with Crippen LogP contribution in [0.15, 0.2) is 26.0 Å². The van der Waals surface area contributed by atoms with Crippen LogP contribution < -0.4 is 5.32 Å². The number of aliphatic imine (C=N–C) groups is 1. The standard InChI is InChI=1S/C13H14BBrN6O2S/c1-13(9-5-7(15)6-24-9)8(3-4-17-20-16)10(22)21(2)12(19-13)18-11(14)23/h5-6,8H,3-4H2,1-2H3,(H,18,19,23)/t8-,13-/m0/s1. The molecule has 2 amide bonds. The number of halogens is 1. The molecule has 1 aliphatic rings. The molecule has 0 aromatic carbocycles. The van der Waals surface area contributed by atoms with Crippen molar-refractivity contribution in [1.82, 2.24) is 10.2 Å². The molecule has 0 bridgehead atoms. The zero-order valence-corrected chi connectivity index (χ0v) is 15.5. The van der Waals surface area contributed by atoms with Gasteiger partial charge in [-0.2, -0.15) is 0 Å². The first-order valence-electron chi connectivity index (χ1n) is 6.99. The normalized spacial score (nSPS) is 23.5. The molecule has 124 valence electrons. The smallest absolute Gasteiger partial charge is 0.234 e. The van der Waals surface area contributed by atoms with Crippen molar-refractivity contribution in [2.75, 3.05) is 13.6 Å². The summed E-state index contributed by atoms with van der Waals surface area (Å²) in [5.74, 6) is -1.46. The summed E-state index contributed by atoms with van der Waals surface area (Å²) in [4.78, 5) is 33.4. The number of carbonyl (C=O) groups is 2. The third-order valence-electron chi connectivity index (χ3n) is 3.85. The largest absolute Gasteiger partial charge is 0.306 e. The highest BCUT2D eigenvalue weighted by molar-refractivity contribution is 9.10. The molecule has 24 heavy (non-hydrogen) atoms. The molecule has 1 aliphatic heterocycles. The number of thiophene rings is 1. The number of rotatable bonds is 4. The van der Waals surface area contributed by atoms with Gasteiger partial charge in [0.2, 0.25) is 19.7 Å². The van der Waals surface area contributed by atoms with Gasteiger partial charge in [-0.05, 0) is 40.9 Å². The fourth-order valence-corrected chi connectivity index (χ4v) is 4.20. The van der Waals surface area contributed by atoms with Crippen LogP contribution >= 0.6 is 27.3 Å². The highest BCUT2D eigenvalue weighted by atomic mass is 79.9. The summed E-state index contributed by atoms with van der Waals surface area (Å²) in [5.41, 5.74) is 7.58. The lowest BCUT2D eigenvalue weighted by atomic mass is 9.80. The maximum atomic E-state index is 12.8. The van der Waals surface area contributed by atoms with Gasteiger partial charge in [-0.1, -0.05) is 5.11 Å². The lowest BCUT2D eigenvalue weighted by Crippen LogP contribution is -2.56. The van der Waals surface area contributed by atoms with Crippen molar-refractivity contribution in [2.45, 2.75) is 18.9 Å². The Labute approximate surface area is 152 Å². The summed E-state index contributed by atoms with van der Waals surface area (Å²) >= 11 is 4.85. The molecule has 1 aromatic heterocycles. The lowest BCUT2D eigenvalue weighted by molar-refractivity contribution is -0.134. The third-order valence-corrected chi connectivity index (χ3v) is 5.76. The van der Waals surface area contributed by atoms with E-state index in [1.807, 2.05) is 18.4 Å². The molecule has 11 heteroatoms. The second-order valence-corrected chi connectivity index (χ2v) is 7.22. The van der Waals surface area contributed by atoms with Crippen LogP contribution in [0.5, 0.6) is 0 Å². The molecule has 2 atom stereocenters. The molecule has 0 spiro atoms. The zero-order chi connectivity index (χ0) is 17.9. The average Bonchev–Trinajstić information content (AvgIpc) is 2.95. The highest BCUT2D eigenvalue weighted by Crippen LogP contribution is 2.43. The summed E-state index contributed by atoms with van der Waals surface area (Å²) < 4.78 is 0.878. The van der Waals surface area contributed by atoms with E-state index in [0.717, 1.165) is 9.35 Å². The maximum absolute atomic E-state index is 12.8. The van der Waals surface area contributed by atoms with Gasteiger partial charge >= 0.3 is 0 Å². The number of nitrogens with one attached hydrogen (secondary N) is 1. The zero-order valence-electron chi connectivity index (χ0n) is 13.1. The molecule has 0 saturated carbocycles. The topological polar surface area (TPSA) is 111 Å². The van der Waals surface area contributed by atoms with E-state index in [0.29, 0.717) is 6.42 Å². The molecule has 1 N–H and O–H groups in total. The van der Waals surface area contributed by atoms with Crippen molar-refractivity contribution in [1.29, 1.82) is 0 Å². The first-order valence-corrected chi connectivity index (χ1v) is 8.66. The summed E-state index contributed by atoms with van der Waals surface area (Å²) in [5, 5.41) is 7.80. The van der Waals surface area contributed by atoms with Gasteiger partial charge in [0.25, 0.3) is 0 Å². The monoisotopic (exact) mass is 408 g/mol. The van der Waals surface area contributed by atoms with Crippen molar-refractivity contribution >= 4 is 52.8 Å². The minimum atomic E-state index is -0.900. The Bertz CT molecular complexity index is 747. The van der Waals surface area contributed by atoms with Crippen LogP contribution in [0.2, 0.25) is 0 Å². The Morgan fingerprint density at radius 3 is 2.96 bits per heavy atom. The molecular weight excluding hydrogens is 395 g/mol. The van der Waals surface area contributed by atoms with Crippen molar-refractivity contribution in [2.24, 2.45) is 16.0 Å². The van der Waals surface area contributed by atoms with Gasteiger partial charge in [0.05, 0.1) is 5.92 Å². The first kappa shape index (κ1) is 18.5. The molecule has 0 aliphatic carbocycles. The molecule has 8 nitrogen and oxygen atoms in total. The van der Waals surface area contributed by atoms with Crippen molar-refractivity contribution in [3.63, 3.8) is 0 Å². The van der Waals surface area contributed by atoms with Crippen LogP contribution in [0.1, 0.15) is 18.2 Å². The number of carbonyl (C=O) groups excluding carboxylic acids is 2. The predicted octanol–water partition coefficient (Wildman–Crippen LogP) is 2.75. The van der Waals surface area contributed by atoms with E-state index in [4.69, 9.17) is 13.4 Å². The van der Waals surface area contributed by atoms with Gasteiger partial charge < -0.3 is 5.32 Å². The van der Waals surface area contributed by atoms with Crippen LogP contribution in [0.3, 0.4) is 0 Å². The summed E-state index contributed by atoms with van der Waals surface area (Å²) in [6.07, 6.45) is 0.340. The second kappa shape index (κ2) is 7.37. The van der Waals surface area contributed by atoms with Crippen LogP contribution in [0.4, 0.5) is 4.79 Å². The fraction of sp³-hybridized carbons (Fsp3) is 0.462. The van der Waals surface area contributed by atoms with Gasteiger partial charge in [0.15, 0.2) is 5.81 Å². The number of hydrogen-bond donors (Lipinski definition) is 1. The van der Waals surface area contributed by atoms with E-state index in [2.05, 4.69) is 36.3 Å². The van der Waals surface area contributed by atoms with Crippen LogP contribution in [0.25, 0.3) is 10.4 Å². The molecule has 2 radical (unpaired) electrons. The second-order valence-electron chi connectivity index (χ2n) is 5.39. The SMILES string of the molecule is [B]C(=O)NC1=N[C@](C)(c2cc(Br)cs2)[C@@H](CCN=[N+]=[N-])C(=O)N1C. The molecule has 1 aromatic rings. The van der Waals surface area contributed by atoms with Crippen LogP contribution in [-0.4, -0.2) is 44.0 Å². The molecule has 0 fully saturated rings. The van der Waals surface area contributed by atoms with Crippen LogP contribution in [-0.2, 0) is 10.3 Å². The predicted molar refractivity (Wildman–Crippen MR) is 96.0 cm³/mol. The van der Waals surface area contributed by atoms with E-state index in [1.54, 1.807) is 0 Å². The number of amides is 2. The van der Waals surface area contributed by atoms with Gasteiger partial charge in [-0.25, -0.2) is 4.99 Å². The molecule has 0 unspecified atom stereocenters. The Hall–Kier alpha value is -1.84. The molecular formula is C13H14BBrN6O2S. The van der Waals surface area contributed by atoms with E-state index < -0.39 is 17.3 Å². The Balaban J connectivity index is 2.51.